The zero-order valence-corrected chi connectivity index (χ0v) is 6.80. The van der Waals surface area contributed by atoms with E-state index in [1.807, 2.05) is 24.4 Å². The van der Waals surface area contributed by atoms with E-state index in [2.05, 4.69) is 9.98 Å². The minimum atomic E-state index is 0.800. The monoisotopic (exact) mass is 155 g/mol. The van der Waals surface area contributed by atoms with Crippen LogP contribution in [0.5, 0.6) is 0 Å². The molecule has 0 radical (unpaired) electrons. The molecule has 0 unspecified atom stereocenters. The number of aromatic nitrogens is 1. The Morgan fingerprint density at radius 1 is 1.70 bits per heavy atom. The molecular formula is C6H9N3S. The molecule has 0 N–H and O–H groups in total. The van der Waals surface area contributed by atoms with Crippen molar-refractivity contribution in [3.05, 3.63) is 11.6 Å². The second-order valence-corrected chi connectivity index (χ2v) is 2.90. The van der Waals surface area contributed by atoms with E-state index in [1.165, 1.54) is 11.3 Å². The molecule has 54 valence electrons. The van der Waals surface area contributed by atoms with E-state index in [0.29, 0.717) is 0 Å². The molecule has 0 amide bonds. The molecule has 0 fully saturated rings. The van der Waals surface area contributed by atoms with Crippen LogP contribution in [0.1, 0.15) is 0 Å². The van der Waals surface area contributed by atoms with E-state index in [1.54, 1.807) is 12.5 Å². The molecule has 0 aromatic carbocycles. The summed E-state index contributed by atoms with van der Waals surface area (Å²) in [4.78, 5) is 9.93. The lowest BCUT2D eigenvalue weighted by Gasteiger charge is -1.99. The zero-order valence-electron chi connectivity index (χ0n) is 5.98. The first-order valence-corrected chi connectivity index (χ1v) is 3.77. The van der Waals surface area contributed by atoms with E-state index in [-0.39, 0.29) is 0 Å². The van der Waals surface area contributed by atoms with Gasteiger partial charge in [-0.2, -0.15) is 0 Å². The molecule has 1 heterocycles. The van der Waals surface area contributed by atoms with E-state index < -0.39 is 0 Å². The maximum absolute atomic E-state index is 4.07. The molecule has 1 aromatic heterocycles. The van der Waals surface area contributed by atoms with Crippen LogP contribution >= 0.6 is 11.3 Å². The van der Waals surface area contributed by atoms with Gasteiger partial charge in [-0.05, 0) is 0 Å². The van der Waals surface area contributed by atoms with Crippen LogP contribution < -0.4 is 0 Å². The first-order chi connectivity index (χ1) is 4.79. The van der Waals surface area contributed by atoms with E-state index in [4.69, 9.17) is 0 Å². The van der Waals surface area contributed by atoms with E-state index in [9.17, 15) is 0 Å². The van der Waals surface area contributed by atoms with Crippen LogP contribution in [0.4, 0.5) is 5.13 Å². The lowest BCUT2D eigenvalue weighted by Crippen LogP contribution is -2.06. The maximum atomic E-state index is 4.07. The summed E-state index contributed by atoms with van der Waals surface area (Å²) in [6.45, 7) is 0. The summed E-state index contributed by atoms with van der Waals surface area (Å²) in [5.74, 6) is 0. The van der Waals surface area contributed by atoms with Crippen LogP contribution in [-0.4, -0.2) is 30.3 Å². The van der Waals surface area contributed by atoms with Crippen LogP contribution in [0.25, 0.3) is 0 Å². The third-order valence-electron chi connectivity index (χ3n) is 0.818. The highest BCUT2D eigenvalue weighted by atomic mass is 32.1. The Hall–Kier alpha value is -0.900. The molecule has 0 aliphatic carbocycles. The molecule has 10 heavy (non-hydrogen) atoms. The quantitative estimate of drug-likeness (QED) is 0.476. The maximum Gasteiger partial charge on any atom is 0.210 e. The Kier molecular flexibility index (Phi) is 2.39. The van der Waals surface area contributed by atoms with Crippen molar-refractivity contribution in [2.45, 2.75) is 0 Å². The van der Waals surface area contributed by atoms with Crippen LogP contribution in [0.3, 0.4) is 0 Å². The van der Waals surface area contributed by atoms with E-state index in [0.717, 1.165) is 5.13 Å². The molecule has 3 nitrogen and oxygen atoms in total. The first kappa shape index (κ1) is 7.21. The van der Waals surface area contributed by atoms with Crippen LogP contribution in [-0.2, 0) is 0 Å². The van der Waals surface area contributed by atoms with Crippen molar-refractivity contribution in [1.82, 2.24) is 9.88 Å². The van der Waals surface area contributed by atoms with Crippen molar-refractivity contribution in [3.63, 3.8) is 0 Å². The number of aliphatic imine (C=N–C) groups is 1. The van der Waals surface area contributed by atoms with Gasteiger partial charge in [-0.15, -0.1) is 11.3 Å². The first-order valence-electron chi connectivity index (χ1n) is 2.89. The van der Waals surface area contributed by atoms with Gasteiger partial charge in [0.2, 0.25) is 5.13 Å². The molecule has 0 bridgehead atoms. The molecule has 1 aromatic rings. The molecule has 0 aliphatic heterocycles. The third kappa shape index (κ3) is 2.14. The predicted molar refractivity (Wildman–Crippen MR) is 44.0 cm³/mol. The van der Waals surface area contributed by atoms with Crippen molar-refractivity contribution >= 4 is 22.8 Å². The number of thiazole rings is 1. The fourth-order valence-electron chi connectivity index (χ4n) is 0.445. The lowest BCUT2D eigenvalue weighted by atomic mass is 10.9. The van der Waals surface area contributed by atoms with Crippen molar-refractivity contribution in [1.29, 1.82) is 0 Å². The minimum Gasteiger partial charge on any atom is -0.369 e. The average Bonchev–Trinajstić information content (AvgIpc) is 2.34. The molecule has 0 atom stereocenters. The van der Waals surface area contributed by atoms with Crippen molar-refractivity contribution in [3.8, 4) is 0 Å². The Morgan fingerprint density at radius 3 is 3.00 bits per heavy atom. The summed E-state index contributed by atoms with van der Waals surface area (Å²) in [7, 11) is 3.86. The Morgan fingerprint density at radius 2 is 2.50 bits per heavy atom. The Labute approximate surface area is 64.0 Å². The van der Waals surface area contributed by atoms with Crippen LogP contribution in [0.2, 0.25) is 0 Å². The van der Waals surface area contributed by atoms with Gasteiger partial charge in [0.05, 0.1) is 6.34 Å². The Bertz CT molecular complexity index is 203. The van der Waals surface area contributed by atoms with Crippen LogP contribution in [0, 0.1) is 0 Å². The van der Waals surface area contributed by atoms with Gasteiger partial charge in [0.1, 0.15) is 0 Å². The highest BCUT2D eigenvalue weighted by molar-refractivity contribution is 7.13. The van der Waals surface area contributed by atoms with Crippen molar-refractivity contribution < 1.29 is 0 Å². The van der Waals surface area contributed by atoms with Gasteiger partial charge in [0.15, 0.2) is 0 Å². The second kappa shape index (κ2) is 3.31. The van der Waals surface area contributed by atoms with Gasteiger partial charge in [-0.1, -0.05) is 0 Å². The SMILES string of the molecule is CN(C)C=Nc1nccs1. The summed E-state index contributed by atoms with van der Waals surface area (Å²) in [5.41, 5.74) is 0. The number of rotatable bonds is 2. The average molecular weight is 155 g/mol. The molecule has 0 saturated heterocycles. The molecule has 0 spiro atoms. The highest BCUT2D eigenvalue weighted by Crippen LogP contribution is 2.13. The van der Waals surface area contributed by atoms with Gasteiger partial charge in [-0.3, -0.25) is 0 Å². The van der Waals surface area contributed by atoms with Gasteiger partial charge < -0.3 is 4.90 Å². The van der Waals surface area contributed by atoms with Gasteiger partial charge in [0.25, 0.3) is 0 Å². The topological polar surface area (TPSA) is 28.5 Å². The van der Waals surface area contributed by atoms with Gasteiger partial charge >= 0.3 is 0 Å². The summed E-state index contributed by atoms with van der Waals surface area (Å²) in [6.07, 6.45) is 3.48. The fraction of sp³-hybridized carbons (Fsp3) is 0.333. The fourth-order valence-corrected chi connectivity index (χ4v) is 0.918. The van der Waals surface area contributed by atoms with Gasteiger partial charge in [0, 0.05) is 25.7 Å². The van der Waals surface area contributed by atoms with Crippen molar-refractivity contribution in [2.75, 3.05) is 14.1 Å². The smallest absolute Gasteiger partial charge is 0.210 e. The molecule has 4 heteroatoms. The Balaban J connectivity index is 2.55. The number of nitrogens with zero attached hydrogens (tertiary/aromatic N) is 3. The normalized spacial score (nSPS) is 10.6. The predicted octanol–water partition coefficient (Wildman–Crippen LogP) is 1.36. The second-order valence-electron chi connectivity index (χ2n) is 2.02. The highest BCUT2D eigenvalue weighted by Gasteiger charge is 1.86. The standard InChI is InChI=1S/C6H9N3S/c1-9(2)5-8-6-7-3-4-10-6/h3-5H,1-2H3. The minimum absolute atomic E-state index is 0.800. The molecular weight excluding hydrogens is 146 g/mol. The van der Waals surface area contributed by atoms with Gasteiger partial charge in [-0.25, -0.2) is 9.98 Å². The number of hydrogen-bond acceptors (Lipinski definition) is 3. The molecule has 0 aliphatic rings. The number of hydrogen-bond donors (Lipinski definition) is 0. The summed E-state index contributed by atoms with van der Waals surface area (Å²) < 4.78 is 0. The van der Waals surface area contributed by atoms with Crippen LogP contribution in [0.15, 0.2) is 16.6 Å². The largest absolute Gasteiger partial charge is 0.369 e. The third-order valence-corrected chi connectivity index (χ3v) is 1.50. The summed E-state index contributed by atoms with van der Waals surface area (Å²) >= 11 is 1.53. The molecule has 0 saturated carbocycles. The molecule has 1 rings (SSSR count). The zero-order chi connectivity index (χ0) is 7.40. The lowest BCUT2D eigenvalue weighted by molar-refractivity contribution is 0.643. The van der Waals surface area contributed by atoms with E-state index >= 15 is 0 Å². The summed E-state index contributed by atoms with van der Waals surface area (Å²) in [6, 6.07) is 0. The summed E-state index contributed by atoms with van der Waals surface area (Å²) in [5, 5.41) is 2.70. The van der Waals surface area contributed by atoms with Crippen molar-refractivity contribution in [2.24, 2.45) is 4.99 Å².